The molecule has 4 nitrogen and oxygen atoms in total. The Morgan fingerprint density at radius 2 is 1.88 bits per heavy atom. The van der Waals surface area contributed by atoms with Gasteiger partial charge in [-0.2, -0.15) is 0 Å². The van der Waals surface area contributed by atoms with E-state index in [1.54, 1.807) is 0 Å². The van der Waals surface area contributed by atoms with Crippen LogP contribution in [0.3, 0.4) is 0 Å². The lowest BCUT2D eigenvalue weighted by Crippen LogP contribution is -2.40. The summed E-state index contributed by atoms with van der Waals surface area (Å²) in [4.78, 5) is 17.0. The first-order valence-corrected chi connectivity index (χ1v) is 8.76. The maximum absolute atomic E-state index is 12.8. The van der Waals surface area contributed by atoms with E-state index >= 15 is 0 Å². The van der Waals surface area contributed by atoms with Gasteiger partial charge in [0.2, 0.25) is 5.91 Å². The normalized spacial score (nSPS) is 14.1. The van der Waals surface area contributed by atoms with Crippen LogP contribution in [0.5, 0.6) is 0 Å². The maximum Gasteiger partial charge on any atom is 0.237 e. The average molecular weight is 326 g/mol. The summed E-state index contributed by atoms with van der Waals surface area (Å²) in [6.45, 7) is 6.75. The average Bonchev–Trinajstić information content (AvgIpc) is 3.35. The number of hydrogen-bond acceptors (Lipinski definition) is 3. The predicted octanol–water partition coefficient (Wildman–Crippen LogP) is 3.60. The van der Waals surface area contributed by atoms with E-state index in [2.05, 4.69) is 24.0 Å². The van der Waals surface area contributed by atoms with Gasteiger partial charge in [0.15, 0.2) is 0 Å². The summed E-state index contributed by atoms with van der Waals surface area (Å²) in [6, 6.07) is 14.6. The van der Waals surface area contributed by atoms with Crippen LogP contribution in [0, 0.1) is 6.92 Å². The van der Waals surface area contributed by atoms with Crippen LogP contribution >= 0.6 is 0 Å². The largest absolute Gasteiger partial charge is 0.464 e. The summed E-state index contributed by atoms with van der Waals surface area (Å²) in [5.74, 6) is 1.97. The fourth-order valence-electron chi connectivity index (χ4n) is 2.95. The van der Waals surface area contributed by atoms with E-state index in [1.807, 2.05) is 42.2 Å². The number of amides is 1. The van der Waals surface area contributed by atoms with Crippen molar-refractivity contribution in [1.82, 2.24) is 9.80 Å². The Balaban J connectivity index is 1.61. The van der Waals surface area contributed by atoms with Crippen molar-refractivity contribution in [3.05, 3.63) is 59.5 Å². The maximum atomic E-state index is 12.8. The van der Waals surface area contributed by atoms with Crippen molar-refractivity contribution in [3.63, 3.8) is 0 Å². The highest BCUT2D eigenvalue weighted by atomic mass is 16.3. The predicted molar refractivity (Wildman–Crippen MR) is 94.4 cm³/mol. The smallest absolute Gasteiger partial charge is 0.237 e. The summed E-state index contributed by atoms with van der Waals surface area (Å²) >= 11 is 0. The van der Waals surface area contributed by atoms with Gasteiger partial charge in [-0.1, -0.05) is 37.3 Å². The highest BCUT2D eigenvalue weighted by molar-refractivity contribution is 5.79. The molecular weight excluding hydrogens is 300 g/mol. The molecule has 1 fully saturated rings. The third-order valence-corrected chi connectivity index (χ3v) is 4.49. The van der Waals surface area contributed by atoms with Gasteiger partial charge >= 0.3 is 0 Å². The van der Waals surface area contributed by atoms with Gasteiger partial charge in [-0.15, -0.1) is 0 Å². The Morgan fingerprint density at radius 3 is 2.46 bits per heavy atom. The SMILES string of the molecule is CCN(CC(=O)N(Cc1ccc(C)o1)C1CC1)Cc1ccccc1. The quantitative estimate of drug-likeness (QED) is 0.744. The zero-order valence-corrected chi connectivity index (χ0v) is 14.6. The summed E-state index contributed by atoms with van der Waals surface area (Å²) < 4.78 is 5.66. The van der Waals surface area contributed by atoms with E-state index in [4.69, 9.17) is 4.42 Å². The molecule has 4 heteroatoms. The lowest BCUT2D eigenvalue weighted by Gasteiger charge is -2.26. The number of hydrogen-bond donors (Lipinski definition) is 0. The van der Waals surface area contributed by atoms with E-state index in [0.717, 1.165) is 37.5 Å². The zero-order valence-electron chi connectivity index (χ0n) is 14.6. The van der Waals surface area contributed by atoms with E-state index in [0.29, 0.717) is 19.1 Å². The first-order chi connectivity index (χ1) is 11.7. The molecule has 1 aliphatic rings. The summed E-state index contributed by atoms with van der Waals surface area (Å²) in [5, 5.41) is 0. The number of carbonyl (C=O) groups is 1. The molecule has 3 rings (SSSR count). The Kier molecular flexibility index (Phi) is 5.36. The fourth-order valence-corrected chi connectivity index (χ4v) is 2.95. The molecule has 0 saturated heterocycles. The Bertz CT molecular complexity index is 661. The molecule has 0 aliphatic heterocycles. The molecule has 1 aliphatic carbocycles. The van der Waals surface area contributed by atoms with Crippen molar-refractivity contribution >= 4 is 5.91 Å². The van der Waals surface area contributed by atoms with Crippen LogP contribution < -0.4 is 0 Å². The molecule has 1 amide bonds. The highest BCUT2D eigenvalue weighted by Crippen LogP contribution is 2.29. The van der Waals surface area contributed by atoms with E-state index < -0.39 is 0 Å². The molecule has 24 heavy (non-hydrogen) atoms. The van der Waals surface area contributed by atoms with Gasteiger partial charge in [0, 0.05) is 12.6 Å². The molecule has 0 unspecified atom stereocenters. The molecule has 0 bridgehead atoms. The van der Waals surface area contributed by atoms with Gasteiger partial charge in [-0.25, -0.2) is 0 Å². The van der Waals surface area contributed by atoms with Crippen LogP contribution in [0.4, 0.5) is 0 Å². The zero-order chi connectivity index (χ0) is 16.9. The number of benzene rings is 1. The van der Waals surface area contributed by atoms with E-state index in [-0.39, 0.29) is 5.91 Å². The van der Waals surface area contributed by atoms with Gasteiger partial charge in [-0.05, 0) is 44.0 Å². The molecule has 2 aromatic rings. The van der Waals surface area contributed by atoms with Gasteiger partial charge in [0.1, 0.15) is 11.5 Å². The Labute approximate surface area is 144 Å². The van der Waals surface area contributed by atoms with Crippen molar-refractivity contribution in [2.75, 3.05) is 13.1 Å². The van der Waals surface area contributed by atoms with Crippen molar-refractivity contribution < 1.29 is 9.21 Å². The van der Waals surface area contributed by atoms with Gasteiger partial charge in [0.05, 0.1) is 13.1 Å². The molecule has 1 saturated carbocycles. The Hall–Kier alpha value is -2.07. The molecule has 1 aromatic heterocycles. The Morgan fingerprint density at radius 1 is 1.12 bits per heavy atom. The molecule has 0 N–H and O–H groups in total. The van der Waals surface area contributed by atoms with Crippen LogP contribution in [0.15, 0.2) is 46.9 Å². The van der Waals surface area contributed by atoms with Crippen molar-refractivity contribution in [2.24, 2.45) is 0 Å². The minimum Gasteiger partial charge on any atom is -0.464 e. The molecule has 128 valence electrons. The second-order valence-electron chi connectivity index (χ2n) is 6.55. The highest BCUT2D eigenvalue weighted by Gasteiger charge is 2.33. The third-order valence-electron chi connectivity index (χ3n) is 4.49. The van der Waals surface area contributed by atoms with Crippen LogP contribution in [0.1, 0.15) is 36.8 Å². The first-order valence-electron chi connectivity index (χ1n) is 8.76. The number of rotatable bonds is 8. The lowest BCUT2D eigenvalue weighted by atomic mass is 10.2. The monoisotopic (exact) mass is 326 g/mol. The second kappa shape index (κ2) is 7.67. The van der Waals surface area contributed by atoms with Crippen LogP contribution in [0.25, 0.3) is 0 Å². The minimum absolute atomic E-state index is 0.198. The molecular formula is C20H26N2O2. The van der Waals surface area contributed by atoms with Crippen LogP contribution in [0.2, 0.25) is 0 Å². The van der Waals surface area contributed by atoms with Gasteiger partial charge < -0.3 is 9.32 Å². The third kappa shape index (κ3) is 4.48. The minimum atomic E-state index is 0.198. The molecule has 1 heterocycles. The van der Waals surface area contributed by atoms with E-state index in [9.17, 15) is 4.79 Å². The number of likely N-dealkylation sites (N-methyl/N-ethyl adjacent to an activating group) is 1. The fraction of sp³-hybridized carbons (Fsp3) is 0.450. The number of carbonyl (C=O) groups excluding carboxylic acids is 1. The summed E-state index contributed by atoms with van der Waals surface area (Å²) in [7, 11) is 0. The first kappa shape index (κ1) is 16.8. The van der Waals surface area contributed by atoms with E-state index in [1.165, 1.54) is 5.56 Å². The molecule has 0 radical (unpaired) electrons. The van der Waals surface area contributed by atoms with Crippen LogP contribution in [-0.4, -0.2) is 34.8 Å². The lowest BCUT2D eigenvalue weighted by molar-refractivity contribution is -0.134. The number of nitrogens with zero attached hydrogens (tertiary/aromatic N) is 2. The number of aryl methyl sites for hydroxylation is 1. The molecule has 0 spiro atoms. The van der Waals surface area contributed by atoms with Crippen molar-refractivity contribution in [2.45, 2.75) is 45.8 Å². The summed E-state index contributed by atoms with van der Waals surface area (Å²) in [5.41, 5.74) is 1.24. The van der Waals surface area contributed by atoms with Crippen molar-refractivity contribution in [3.8, 4) is 0 Å². The molecule has 1 aromatic carbocycles. The second-order valence-corrected chi connectivity index (χ2v) is 6.55. The van der Waals surface area contributed by atoms with Crippen LogP contribution in [-0.2, 0) is 17.9 Å². The summed E-state index contributed by atoms with van der Waals surface area (Å²) in [6.07, 6.45) is 2.21. The van der Waals surface area contributed by atoms with Gasteiger partial charge in [0.25, 0.3) is 0 Å². The topological polar surface area (TPSA) is 36.7 Å². The van der Waals surface area contributed by atoms with Crippen molar-refractivity contribution in [1.29, 1.82) is 0 Å². The van der Waals surface area contributed by atoms with Gasteiger partial charge in [-0.3, -0.25) is 9.69 Å². The number of furan rings is 1. The standard InChI is InChI=1S/C20H26N2O2/c1-3-21(13-17-7-5-4-6-8-17)15-20(23)22(18-10-11-18)14-19-12-9-16(2)24-19/h4-9,12,18H,3,10-11,13-15H2,1-2H3. The molecule has 0 atom stereocenters.